The van der Waals surface area contributed by atoms with Gasteiger partial charge in [-0.05, 0) is 0 Å². The third-order valence-electron chi connectivity index (χ3n) is 1.79. The van der Waals surface area contributed by atoms with Crippen molar-refractivity contribution in [2.75, 3.05) is 0 Å². The van der Waals surface area contributed by atoms with E-state index in [1.165, 1.54) is 0 Å². The molecule has 1 rings (SSSR count). The van der Waals surface area contributed by atoms with Gasteiger partial charge in [-0.15, -0.1) is 5.06 Å². The van der Waals surface area contributed by atoms with Crippen molar-refractivity contribution >= 4 is 25.6 Å². The molecule has 1 aliphatic heterocycles. The van der Waals surface area contributed by atoms with Gasteiger partial charge >= 0.3 is 5.97 Å². The number of imide groups is 1. The molecular weight excluding hydrogens is 185 g/mol. The highest BCUT2D eigenvalue weighted by Gasteiger charge is 2.38. The maximum atomic E-state index is 11.2. The van der Waals surface area contributed by atoms with Gasteiger partial charge in [-0.2, -0.15) is 0 Å². The molecule has 1 fully saturated rings. The number of amides is 2. The zero-order chi connectivity index (χ0) is 10.9. The highest BCUT2D eigenvalue weighted by atomic mass is 16.7. The van der Waals surface area contributed by atoms with Gasteiger partial charge in [-0.3, -0.25) is 9.59 Å². The number of hydrogen-bond donors (Lipinski definition) is 0. The van der Waals surface area contributed by atoms with E-state index in [2.05, 4.69) is 4.84 Å². The Bertz CT molecular complexity index is 289. The molecule has 1 heterocycles. The fraction of sp³-hybridized carbons (Fsp3) is 0.625. The van der Waals surface area contributed by atoms with Crippen molar-refractivity contribution in [3.05, 3.63) is 0 Å². The average molecular weight is 195 g/mol. The lowest BCUT2D eigenvalue weighted by molar-refractivity contribution is -0.199. The first-order valence-electron chi connectivity index (χ1n) is 4.27. The first kappa shape index (κ1) is 10.8. The van der Waals surface area contributed by atoms with Crippen LogP contribution in [0.5, 0.6) is 0 Å². The second kappa shape index (κ2) is 3.81. The van der Waals surface area contributed by atoms with Crippen molar-refractivity contribution in [1.82, 2.24) is 5.06 Å². The summed E-state index contributed by atoms with van der Waals surface area (Å²) < 4.78 is 0. The summed E-state index contributed by atoms with van der Waals surface area (Å²) in [5.74, 6) is -3.14. The predicted molar refractivity (Wildman–Crippen MR) is 46.9 cm³/mol. The van der Waals surface area contributed by atoms with E-state index in [1.807, 2.05) is 0 Å². The van der Waals surface area contributed by atoms with Crippen molar-refractivity contribution < 1.29 is 19.2 Å². The summed E-state index contributed by atoms with van der Waals surface area (Å²) in [4.78, 5) is 37.9. The normalized spacial score (nSPS) is 21.9. The van der Waals surface area contributed by atoms with E-state index in [9.17, 15) is 14.4 Å². The Morgan fingerprint density at radius 1 is 1.57 bits per heavy atom. The van der Waals surface area contributed by atoms with Crippen LogP contribution in [0.15, 0.2) is 0 Å². The molecule has 5 nitrogen and oxygen atoms in total. The number of rotatable bonds is 2. The first-order chi connectivity index (χ1) is 6.43. The van der Waals surface area contributed by atoms with Crippen molar-refractivity contribution in [2.45, 2.75) is 26.1 Å². The Kier molecular flexibility index (Phi) is 2.93. The monoisotopic (exact) mass is 195 g/mol. The Hall–Kier alpha value is -1.33. The Balaban J connectivity index is 2.65. The lowest BCUT2D eigenvalue weighted by atomic mass is 9.86. The summed E-state index contributed by atoms with van der Waals surface area (Å²) in [5, 5.41) is 0.451. The van der Waals surface area contributed by atoms with Crippen molar-refractivity contribution in [3.8, 4) is 0 Å². The Morgan fingerprint density at radius 2 is 2.14 bits per heavy atom. The minimum atomic E-state index is -0.887. The van der Waals surface area contributed by atoms with Gasteiger partial charge < -0.3 is 4.84 Å². The molecule has 1 atom stereocenters. The minimum absolute atomic E-state index is 0.107. The van der Waals surface area contributed by atoms with E-state index >= 15 is 0 Å². The molecule has 0 spiro atoms. The fourth-order valence-electron chi connectivity index (χ4n) is 0.923. The second-order valence-electron chi connectivity index (χ2n) is 3.40. The molecule has 2 radical (unpaired) electrons. The molecule has 0 aromatic carbocycles. The molecule has 0 N–H and O–H groups in total. The third-order valence-corrected chi connectivity index (χ3v) is 1.79. The Morgan fingerprint density at radius 3 is 2.50 bits per heavy atom. The molecule has 74 valence electrons. The number of nitrogens with zero attached hydrogens (tertiary/aromatic N) is 1. The van der Waals surface area contributed by atoms with E-state index in [-0.39, 0.29) is 6.42 Å². The van der Waals surface area contributed by atoms with Gasteiger partial charge in [0.05, 0.1) is 13.8 Å². The van der Waals surface area contributed by atoms with Gasteiger partial charge in [-0.25, -0.2) is 4.79 Å². The molecule has 1 aliphatic rings. The van der Waals surface area contributed by atoms with Gasteiger partial charge in [0.1, 0.15) is 0 Å². The standard InChI is InChI=1S/C8H10BNO4/c1-4(2)8(13)14-10-6(11)3-5(9)7(10)12/h4-5H,3H2,1-2H3. The van der Waals surface area contributed by atoms with Crippen LogP contribution in [0.3, 0.4) is 0 Å². The van der Waals surface area contributed by atoms with Gasteiger partial charge in [0, 0.05) is 12.2 Å². The van der Waals surface area contributed by atoms with Crippen molar-refractivity contribution in [2.24, 2.45) is 5.92 Å². The van der Waals surface area contributed by atoms with E-state index in [1.54, 1.807) is 13.8 Å². The first-order valence-corrected chi connectivity index (χ1v) is 4.27. The molecule has 0 aliphatic carbocycles. The van der Waals surface area contributed by atoms with Crippen LogP contribution < -0.4 is 0 Å². The van der Waals surface area contributed by atoms with Gasteiger partial charge in [0.2, 0.25) is 0 Å². The largest absolute Gasteiger partial charge is 0.335 e. The van der Waals surface area contributed by atoms with E-state index in [0.717, 1.165) is 0 Å². The van der Waals surface area contributed by atoms with E-state index in [4.69, 9.17) is 7.85 Å². The summed E-state index contributed by atoms with van der Waals surface area (Å²) in [5.41, 5.74) is 0. The smallest absolute Gasteiger partial charge is 0.330 e. The molecule has 1 saturated heterocycles. The molecule has 0 saturated carbocycles. The molecule has 2 amide bonds. The SMILES string of the molecule is [B]C1CC(=O)N(OC(=O)C(C)C)C1=O. The zero-order valence-corrected chi connectivity index (χ0v) is 8.02. The van der Waals surface area contributed by atoms with E-state index < -0.39 is 29.5 Å². The number of carbonyl (C=O) groups excluding carboxylic acids is 3. The van der Waals surface area contributed by atoms with Crippen molar-refractivity contribution in [1.29, 1.82) is 0 Å². The van der Waals surface area contributed by atoms with Crippen LogP contribution >= 0.6 is 0 Å². The molecule has 0 aromatic heterocycles. The van der Waals surface area contributed by atoms with Crippen LogP contribution in [0.1, 0.15) is 20.3 Å². The fourth-order valence-corrected chi connectivity index (χ4v) is 0.923. The quantitative estimate of drug-likeness (QED) is 0.452. The van der Waals surface area contributed by atoms with Crippen LogP contribution in [0, 0.1) is 5.92 Å². The summed E-state index contributed by atoms with van der Waals surface area (Å²) in [6.45, 7) is 3.21. The summed E-state index contributed by atoms with van der Waals surface area (Å²) in [6.07, 6.45) is -0.107. The van der Waals surface area contributed by atoms with Crippen LogP contribution in [0.4, 0.5) is 0 Å². The number of hydroxylamine groups is 2. The highest BCUT2D eigenvalue weighted by Crippen LogP contribution is 2.22. The van der Waals surface area contributed by atoms with Crippen LogP contribution in [-0.2, 0) is 19.2 Å². The van der Waals surface area contributed by atoms with Crippen LogP contribution in [0.2, 0.25) is 5.82 Å². The second-order valence-corrected chi connectivity index (χ2v) is 3.40. The van der Waals surface area contributed by atoms with Crippen LogP contribution in [-0.4, -0.2) is 30.7 Å². The molecule has 14 heavy (non-hydrogen) atoms. The topological polar surface area (TPSA) is 63.7 Å². The molecular formula is C8H10BNO4. The highest BCUT2D eigenvalue weighted by molar-refractivity contribution is 6.29. The lowest BCUT2D eigenvalue weighted by Crippen LogP contribution is -2.34. The maximum Gasteiger partial charge on any atom is 0.335 e. The summed E-state index contributed by atoms with van der Waals surface area (Å²) in [7, 11) is 5.31. The molecule has 6 heteroatoms. The average Bonchev–Trinajstić information content (AvgIpc) is 2.32. The summed E-state index contributed by atoms with van der Waals surface area (Å²) >= 11 is 0. The zero-order valence-electron chi connectivity index (χ0n) is 8.02. The van der Waals surface area contributed by atoms with Gasteiger partial charge in [-0.1, -0.05) is 13.8 Å². The molecule has 0 aromatic rings. The van der Waals surface area contributed by atoms with Gasteiger partial charge in [0.25, 0.3) is 11.8 Å². The molecule has 0 bridgehead atoms. The predicted octanol–water partition coefficient (Wildman–Crippen LogP) is -0.183. The van der Waals surface area contributed by atoms with E-state index in [0.29, 0.717) is 5.06 Å². The van der Waals surface area contributed by atoms with Crippen molar-refractivity contribution in [3.63, 3.8) is 0 Å². The summed E-state index contributed by atoms with van der Waals surface area (Å²) in [6, 6.07) is 0. The number of carbonyl (C=O) groups is 3. The van der Waals surface area contributed by atoms with Gasteiger partial charge in [0.15, 0.2) is 0 Å². The van der Waals surface area contributed by atoms with Crippen LogP contribution in [0.25, 0.3) is 0 Å². The number of hydrogen-bond acceptors (Lipinski definition) is 4. The Labute approximate surface area is 82.8 Å². The third kappa shape index (κ3) is 1.94. The minimum Gasteiger partial charge on any atom is -0.330 e. The lowest BCUT2D eigenvalue weighted by Gasteiger charge is -2.14. The molecule has 1 unspecified atom stereocenters. The maximum absolute atomic E-state index is 11.2.